The van der Waals surface area contributed by atoms with Gasteiger partial charge in [-0.05, 0) is 111 Å². The zero-order chi connectivity index (χ0) is 21.4. The second-order valence-electron chi connectivity index (χ2n) is 12.3. The molecule has 0 spiro atoms. The number of fused-ring (bicyclic) bond motifs is 4. The predicted molar refractivity (Wildman–Crippen MR) is 123 cm³/mol. The van der Waals surface area contributed by atoms with Crippen molar-refractivity contribution in [2.75, 3.05) is 14.1 Å². The van der Waals surface area contributed by atoms with Gasteiger partial charge in [0.1, 0.15) is 0 Å². The van der Waals surface area contributed by atoms with Crippen LogP contribution < -0.4 is 0 Å². The molecular formula is C27H45NO. The van der Waals surface area contributed by atoms with Crippen LogP contribution in [0.15, 0.2) is 22.8 Å². The highest BCUT2D eigenvalue weighted by Gasteiger charge is 2.57. The molecule has 0 aromatic rings. The van der Waals surface area contributed by atoms with Gasteiger partial charge in [0, 0.05) is 6.04 Å². The van der Waals surface area contributed by atoms with Crippen molar-refractivity contribution in [3.8, 4) is 0 Å². The molecule has 7 atom stereocenters. The first-order valence-electron chi connectivity index (χ1n) is 12.2. The summed E-state index contributed by atoms with van der Waals surface area (Å²) in [6.07, 6.45) is 11.0. The molecular weight excluding hydrogens is 354 g/mol. The number of nitrogens with zero attached hydrogens (tertiary/aromatic N) is 1. The molecule has 0 aliphatic heterocycles. The first-order valence-corrected chi connectivity index (χ1v) is 12.2. The molecule has 4 aliphatic rings. The van der Waals surface area contributed by atoms with Crippen molar-refractivity contribution >= 4 is 0 Å². The fourth-order valence-electron chi connectivity index (χ4n) is 8.32. The molecule has 0 aromatic carbocycles. The van der Waals surface area contributed by atoms with Gasteiger partial charge >= 0.3 is 0 Å². The molecule has 0 amide bonds. The standard InChI is InChI=1S/C27H45NO/c1-17(18(2)28(7)8)20-10-11-21-19-9-12-23-25(3,4)24(29)14-16-27(23,6)22(19)13-15-26(20,21)5/h11,17-18,20,23-24,29H,9-10,12-16H2,1-8H3/t17-,18?,20-,23+,24+,26-,27-/m1/s1. The zero-order valence-electron chi connectivity index (χ0n) is 20.3. The third-order valence-electron chi connectivity index (χ3n) is 10.6. The second-order valence-corrected chi connectivity index (χ2v) is 12.3. The van der Waals surface area contributed by atoms with E-state index in [9.17, 15) is 5.11 Å². The summed E-state index contributed by atoms with van der Waals surface area (Å²) in [7, 11) is 4.46. The summed E-state index contributed by atoms with van der Waals surface area (Å²) >= 11 is 0. The quantitative estimate of drug-likeness (QED) is 0.609. The maximum Gasteiger partial charge on any atom is 0.0594 e. The molecule has 1 unspecified atom stereocenters. The van der Waals surface area contributed by atoms with Crippen LogP contribution in [0.3, 0.4) is 0 Å². The monoisotopic (exact) mass is 399 g/mol. The molecule has 1 saturated carbocycles. The smallest absolute Gasteiger partial charge is 0.0594 e. The SMILES string of the molecule is CC([C@@H](C)[C@H]1CC=C2C3=C(CC[C@@]21C)[C@@]1(C)CC[C@H](O)C(C)(C)[C@@H]1CC3)N(C)C. The molecule has 2 heteroatoms. The Bertz CT molecular complexity index is 731. The van der Waals surface area contributed by atoms with Gasteiger partial charge < -0.3 is 10.0 Å². The average molecular weight is 400 g/mol. The third kappa shape index (κ3) is 2.95. The van der Waals surface area contributed by atoms with Crippen LogP contribution in [0.2, 0.25) is 0 Å². The Morgan fingerprint density at radius 2 is 1.69 bits per heavy atom. The van der Waals surface area contributed by atoms with Crippen molar-refractivity contribution < 1.29 is 5.11 Å². The minimum absolute atomic E-state index is 0.0362. The normalized spacial score (nSPS) is 43.4. The Balaban J connectivity index is 1.68. The minimum Gasteiger partial charge on any atom is -0.393 e. The predicted octanol–water partition coefficient (Wildman–Crippen LogP) is 6.21. The Labute approximate surface area is 179 Å². The minimum atomic E-state index is -0.139. The number of aliphatic hydroxyl groups excluding tert-OH is 1. The van der Waals surface area contributed by atoms with Gasteiger partial charge in [-0.3, -0.25) is 0 Å². The number of hydrogen-bond acceptors (Lipinski definition) is 2. The highest BCUT2D eigenvalue weighted by Crippen LogP contribution is 2.66. The molecule has 4 rings (SSSR count). The van der Waals surface area contributed by atoms with Crippen molar-refractivity contribution in [2.24, 2.45) is 34.0 Å². The number of aliphatic hydroxyl groups is 1. The van der Waals surface area contributed by atoms with Crippen LogP contribution in [-0.2, 0) is 0 Å². The van der Waals surface area contributed by atoms with E-state index in [1.54, 1.807) is 16.7 Å². The largest absolute Gasteiger partial charge is 0.393 e. The van der Waals surface area contributed by atoms with Crippen molar-refractivity contribution in [2.45, 2.75) is 98.6 Å². The summed E-state index contributed by atoms with van der Waals surface area (Å²) in [6.45, 7) is 14.7. The Morgan fingerprint density at radius 1 is 1.00 bits per heavy atom. The molecule has 0 aromatic heterocycles. The summed E-state index contributed by atoms with van der Waals surface area (Å²) in [5, 5.41) is 10.7. The van der Waals surface area contributed by atoms with Gasteiger partial charge in [0.25, 0.3) is 0 Å². The molecule has 0 heterocycles. The van der Waals surface area contributed by atoms with Crippen LogP contribution >= 0.6 is 0 Å². The van der Waals surface area contributed by atoms with E-state index >= 15 is 0 Å². The molecule has 0 radical (unpaired) electrons. The summed E-state index contributed by atoms with van der Waals surface area (Å²) < 4.78 is 0. The molecule has 0 saturated heterocycles. The van der Waals surface area contributed by atoms with Crippen molar-refractivity contribution in [1.82, 2.24) is 4.90 Å². The maximum absolute atomic E-state index is 10.7. The summed E-state index contributed by atoms with van der Waals surface area (Å²) in [5.74, 6) is 2.09. The molecule has 1 fully saturated rings. The van der Waals surface area contributed by atoms with Gasteiger partial charge in [-0.25, -0.2) is 0 Å². The van der Waals surface area contributed by atoms with Crippen LogP contribution in [0.1, 0.15) is 86.5 Å². The van der Waals surface area contributed by atoms with Crippen LogP contribution in [0.5, 0.6) is 0 Å². The Kier molecular flexibility index (Phi) is 5.19. The summed E-state index contributed by atoms with van der Waals surface area (Å²) in [5.41, 5.74) is 5.94. The molecule has 2 nitrogen and oxygen atoms in total. The molecule has 29 heavy (non-hydrogen) atoms. The highest BCUT2D eigenvalue weighted by molar-refractivity contribution is 5.49. The van der Waals surface area contributed by atoms with E-state index in [0.29, 0.717) is 28.7 Å². The highest BCUT2D eigenvalue weighted by atomic mass is 16.3. The first-order chi connectivity index (χ1) is 13.4. The van der Waals surface area contributed by atoms with Gasteiger partial charge in [-0.1, -0.05) is 46.3 Å². The lowest BCUT2D eigenvalue weighted by molar-refractivity contribution is -0.0905. The molecule has 4 aliphatic carbocycles. The van der Waals surface area contributed by atoms with Crippen LogP contribution in [0.25, 0.3) is 0 Å². The third-order valence-corrected chi connectivity index (χ3v) is 10.6. The fourth-order valence-corrected chi connectivity index (χ4v) is 8.32. The van der Waals surface area contributed by atoms with Gasteiger partial charge in [0.15, 0.2) is 0 Å². The van der Waals surface area contributed by atoms with Crippen LogP contribution in [0.4, 0.5) is 0 Å². The first kappa shape index (κ1) is 21.6. The zero-order valence-corrected chi connectivity index (χ0v) is 20.3. The summed E-state index contributed by atoms with van der Waals surface area (Å²) in [6, 6.07) is 0.619. The lowest BCUT2D eigenvalue weighted by Crippen LogP contribution is -2.53. The van der Waals surface area contributed by atoms with Crippen molar-refractivity contribution in [3.63, 3.8) is 0 Å². The van der Waals surface area contributed by atoms with E-state index in [1.165, 1.54) is 38.5 Å². The van der Waals surface area contributed by atoms with E-state index in [-0.39, 0.29) is 11.5 Å². The average Bonchev–Trinajstić information content (AvgIpc) is 3.01. The van der Waals surface area contributed by atoms with E-state index < -0.39 is 0 Å². The lowest BCUT2D eigenvalue weighted by atomic mass is 9.46. The van der Waals surface area contributed by atoms with Crippen LogP contribution in [-0.4, -0.2) is 36.2 Å². The molecule has 164 valence electrons. The fraction of sp³-hybridized carbons (Fsp3) is 0.852. The molecule has 1 N–H and O–H groups in total. The van der Waals surface area contributed by atoms with E-state index in [2.05, 4.69) is 66.6 Å². The number of allylic oxidation sites excluding steroid dienone is 4. The Hall–Kier alpha value is -0.600. The van der Waals surface area contributed by atoms with Gasteiger partial charge in [-0.2, -0.15) is 0 Å². The van der Waals surface area contributed by atoms with Crippen molar-refractivity contribution in [3.05, 3.63) is 22.8 Å². The van der Waals surface area contributed by atoms with Gasteiger partial charge in [-0.15, -0.1) is 0 Å². The number of rotatable bonds is 3. The summed E-state index contributed by atoms with van der Waals surface area (Å²) in [4.78, 5) is 2.40. The number of hydrogen-bond donors (Lipinski definition) is 1. The second kappa shape index (κ2) is 6.95. The van der Waals surface area contributed by atoms with Crippen molar-refractivity contribution in [1.29, 1.82) is 0 Å². The lowest BCUT2D eigenvalue weighted by Gasteiger charge is -2.59. The van der Waals surface area contributed by atoms with Gasteiger partial charge in [0.05, 0.1) is 6.10 Å². The maximum atomic E-state index is 10.7. The topological polar surface area (TPSA) is 23.5 Å². The van der Waals surface area contributed by atoms with E-state index in [4.69, 9.17) is 0 Å². The van der Waals surface area contributed by atoms with E-state index in [0.717, 1.165) is 12.3 Å². The molecule has 0 bridgehead atoms. The van der Waals surface area contributed by atoms with E-state index in [1.807, 2.05) is 0 Å². The van der Waals surface area contributed by atoms with Gasteiger partial charge in [0.2, 0.25) is 0 Å². The van der Waals surface area contributed by atoms with Crippen LogP contribution in [0, 0.1) is 34.0 Å². The Morgan fingerprint density at radius 3 is 2.34 bits per heavy atom.